The van der Waals surface area contributed by atoms with Crippen LogP contribution in [0.15, 0.2) is 60.8 Å². The molecule has 0 aliphatic rings. The second-order valence-electron chi connectivity index (χ2n) is 5.51. The van der Waals surface area contributed by atoms with Gasteiger partial charge in [-0.25, -0.2) is 9.07 Å². The summed E-state index contributed by atoms with van der Waals surface area (Å²) >= 11 is 0. The van der Waals surface area contributed by atoms with Crippen molar-refractivity contribution in [2.24, 2.45) is 0 Å². The van der Waals surface area contributed by atoms with Crippen molar-refractivity contribution in [2.75, 3.05) is 5.32 Å². The zero-order valence-corrected chi connectivity index (χ0v) is 13.4. The first-order chi connectivity index (χ1) is 11.7. The van der Waals surface area contributed by atoms with Crippen LogP contribution in [0.3, 0.4) is 0 Å². The minimum atomic E-state index is -0.368. The molecular formula is C19H18FN3O. The molecule has 1 N–H and O–H groups in total. The van der Waals surface area contributed by atoms with E-state index in [4.69, 9.17) is 0 Å². The minimum Gasteiger partial charge on any atom is -0.307 e. The first-order valence-corrected chi connectivity index (χ1v) is 7.82. The normalized spacial score (nSPS) is 10.6. The molecule has 3 aromatic rings. The highest BCUT2D eigenvalue weighted by molar-refractivity contribution is 6.03. The first kappa shape index (κ1) is 15.9. The van der Waals surface area contributed by atoms with E-state index in [0.717, 1.165) is 12.0 Å². The van der Waals surface area contributed by atoms with Crippen molar-refractivity contribution < 1.29 is 9.18 Å². The molecule has 0 saturated carbocycles. The summed E-state index contributed by atoms with van der Waals surface area (Å²) in [6.45, 7) is 2.68. The van der Waals surface area contributed by atoms with Gasteiger partial charge in [-0.05, 0) is 41.8 Å². The highest BCUT2D eigenvalue weighted by Gasteiger charge is 2.10. The van der Waals surface area contributed by atoms with E-state index in [-0.39, 0.29) is 11.7 Å². The van der Waals surface area contributed by atoms with Crippen LogP contribution in [0.1, 0.15) is 28.4 Å². The summed E-state index contributed by atoms with van der Waals surface area (Å²) in [5.41, 5.74) is 2.79. The molecule has 0 radical (unpaired) electrons. The molecule has 0 bridgehead atoms. The van der Waals surface area contributed by atoms with Crippen molar-refractivity contribution in [2.45, 2.75) is 19.9 Å². The second-order valence-corrected chi connectivity index (χ2v) is 5.51. The summed E-state index contributed by atoms with van der Waals surface area (Å²) in [4.78, 5) is 12.2. The van der Waals surface area contributed by atoms with Gasteiger partial charge in [0.25, 0.3) is 5.91 Å². The number of hydrogen-bond acceptors (Lipinski definition) is 2. The molecule has 2 aromatic carbocycles. The van der Waals surface area contributed by atoms with Gasteiger partial charge in [0.2, 0.25) is 0 Å². The fourth-order valence-electron chi connectivity index (χ4n) is 2.41. The minimum absolute atomic E-state index is 0.293. The highest BCUT2D eigenvalue weighted by atomic mass is 19.1. The van der Waals surface area contributed by atoms with Crippen LogP contribution in [-0.4, -0.2) is 15.7 Å². The molecule has 4 nitrogen and oxygen atoms in total. The Kier molecular flexibility index (Phi) is 4.70. The molecule has 0 aliphatic heterocycles. The predicted molar refractivity (Wildman–Crippen MR) is 91.5 cm³/mol. The molecule has 3 rings (SSSR count). The Balaban J connectivity index is 1.72. The fourth-order valence-corrected chi connectivity index (χ4v) is 2.41. The number of nitrogens with zero attached hydrogens (tertiary/aromatic N) is 2. The van der Waals surface area contributed by atoms with E-state index in [1.165, 1.54) is 29.8 Å². The molecule has 0 aliphatic carbocycles. The van der Waals surface area contributed by atoms with Crippen molar-refractivity contribution in [1.29, 1.82) is 0 Å². The lowest BCUT2D eigenvalue weighted by Gasteiger charge is -2.10. The van der Waals surface area contributed by atoms with Crippen LogP contribution in [-0.2, 0) is 13.0 Å². The molecule has 0 fully saturated rings. The molecule has 0 unspecified atom stereocenters. The molecule has 24 heavy (non-hydrogen) atoms. The smallest absolute Gasteiger partial charge is 0.256 e. The fraction of sp³-hybridized carbons (Fsp3) is 0.158. The highest BCUT2D eigenvalue weighted by Crippen LogP contribution is 2.13. The van der Waals surface area contributed by atoms with Gasteiger partial charge < -0.3 is 5.32 Å². The van der Waals surface area contributed by atoms with E-state index in [0.29, 0.717) is 17.9 Å². The van der Waals surface area contributed by atoms with E-state index < -0.39 is 0 Å². The first-order valence-electron chi connectivity index (χ1n) is 7.82. The maximum atomic E-state index is 12.9. The monoisotopic (exact) mass is 323 g/mol. The van der Waals surface area contributed by atoms with Gasteiger partial charge in [0.05, 0.1) is 12.7 Å². The number of carbonyl (C=O) groups is 1. The maximum Gasteiger partial charge on any atom is 0.256 e. The van der Waals surface area contributed by atoms with Gasteiger partial charge >= 0.3 is 0 Å². The molecule has 1 heterocycles. The van der Waals surface area contributed by atoms with Crippen LogP contribution < -0.4 is 5.32 Å². The van der Waals surface area contributed by atoms with Crippen molar-refractivity contribution in [3.63, 3.8) is 0 Å². The zero-order chi connectivity index (χ0) is 16.9. The molecular weight excluding hydrogens is 305 g/mol. The lowest BCUT2D eigenvalue weighted by molar-refractivity contribution is 0.102. The SMILES string of the molecule is CCc1ccc(Cn2nccc2NC(=O)c2ccc(F)cc2)cc1. The predicted octanol–water partition coefficient (Wildman–Crippen LogP) is 3.89. The molecule has 0 saturated heterocycles. The van der Waals surface area contributed by atoms with Gasteiger partial charge in [0.1, 0.15) is 11.6 Å². The summed E-state index contributed by atoms with van der Waals surface area (Å²) in [6, 6.07) is 15.5. The maximum absolute atomic E-state index is 12.9. The van der Waals surface area contributed by atoms with Crippen molar-refractivity contribution >= 4 is 11.7 Å². The summed E-state index contributed by atoms with van der Waals surface area (Å²) < 4.78 is 14.7. The van der Waals surface area contributed by atoms with Crippen molar-refractivity contribution in [3.8, 4) is 0 Å². The lowest BCUT2D eigenvalue weighted by Crippen LogP contribution is -2.16. The zero-order valence-electron chi connectivity index (χ0n) is 13.4. The summed E-state index contributed by atoms with van der Waals surface area (Å²) in [5.74, 6) is -0.0610. The Morgan fingerprint density at radius 3 is 2.38 bits per heavy atom. The van der Waals surface area contributed by atoms with Crippen LogP contribution >= 0.6 is 0 Å². The van der Waals surface area contributed by atoms with Crippen LogP contribution in [0.25, 0.3) is 0 Å². The van der Waals surface area contributed by atoms with Crippen LogP contribution in [0.2, 0.25) is 0 Å². The molecule has 1 amide bonds. The second kappa shape index (κ2) is 7.08. The average molecular weight is 323 g/mol. The Hall–Kier alpha value is -2.95. The van der Waals surface area contributed by atoms with Gasteiger partial charge in [-0.2, -0.15) is 5.10 Å². The molecule has 1 aromatic heterocycles. The van der Waals surface area contributed by atoms with E-state index in [1.54, 1.807) is 16.9 Å². The Morgan fingerprint density at radius 2 is 1.71 bits per heavy atom. The number of carbonyl (C=O) groups excluding carboxylic acids is 1. The topological polar surface area (TPSA) is 46.9 Å². The number of benzene rings is 2. The number of aryl methyl sites for hydroxylation is 1. The Labute approximate surface area is 139 Å². The number of nitrogens with one attached hydrogen (secondary N) is 1. The van der Waals surface area contributed by atoms with Crippen molar-refractivity contribution in [3.05, 3.63) is 83.3 Å². The Bertz CT molecular complexity index is 823. The number of hydrogen-bond donors (Lipinski definition) is 1. The number of anilines is 1. The molecule has 0 spiro atoms. The third kappa shape index (κ3) is 3.68. The molecule has 0 atom stereocenters. The third-order valence-corrected chi connectivity index (χ3v) is 3.83. The standard InChI is InChI=1S/C19H18FN3O/c1-2-14-3-5-15(6-4-14)13-23-18(11-12-21-23)22-19(24)16-7-9-17(20)10-8-16/h3-12H,2,13H2,1H3,(H,22,24). The van der Waals surface area contributed by atoms with Gasteiger partial charge in [-0.1, -0.05) is 31.2 Å². The van der Waals surface area contributed by atoms with Crippen molar-refractivity contribution in [1.82, 2.24) is 9.78 Å². The van der Waals surface area contributed by atoms with Crippen LogP contribution in [0, 0.1) is 5.82 Å². The number of halogens is 1. The van der Waals surface area contributed by atoms with Crippen LogP contribution in [0.4, 0.5) is 10.2 Å². The number of rotatable bonds is 5. The quantitative estimate of drug-likeness (QED) is 0.774. The summed E-state index contributed by atoms with van der Waals surface area (Å²) in [7, 11) is 0. The summed E-state index contributed by atoms with van der Waals surface area (Å²) in [5, 5.41) is 7.07. The number of amides is 1. The number of aromatic nitrogens is 2. The van der Waals surface area contributed by atoms with E-state index in [1.807, 2.05) is 0 Å². The largest absolute Gasteiger partial charge is 0.307 e. The van der Waals surface area contributed by atoms with Gasteiger partial charge in [-0.3, -0.25) is 4.79 Å². The Morgan fingerprint density at radius 1 is 1.04 bits per heavy atom. The molecule has 122 valence electrons. The average Bonchev–Trinajstić information content (AvgIpc) is 3.03. The van der Waals surface area contributed by atoms with Gasteiger partial charge in [0.15, 0.2) is 0 Å². The molecule has 5 heteroatoms. The van der Waals surface area contributed by atoms with Gasteiger partial charge in [-0.15, -0.1) is 0 Å². The van der Waals surface area contributed by atoms with Crippen LogP contribution in [0.5, 0.6) is 0 Å². The third-order valence-electron chi connectivity index (χ3n) is 3.83. The lowest BCUT2D eigenvalue weighted by atomic mass is 10.1. The van der Waals surface area contributed by atoms with E-state index in [2.05, 4.69) is 41.6 Å². The summed E-state index contributed by atoms with van der Waals surface area (Å²) in [6.07, 6.45) is 2.64. The van der Waals surface area contributed by atoms with E-state index >= 15 is 0 Å². The van der Waals surface area contributed by atoms with E-state index in [9.17, 15) is 9.18 Å². The van der Waals surface area contributed by atoms with Gasteiger partial charge in [0, 0.05) is 11.6 Å².